The van der Waals surface area contributed by atoms with Gasteiger partial charge in [0.1, 0.15) is 5.82 Å². The molecule has 0 radical (unpaired) electrons. The van der Waals surface area contributed by atoms with Gasteiger partial charge in [0.05, 0.1) is 34.0 Å². The van der Waals surface area contributed by atoms with Gasteiger partial charge in [-0.3, -0.25) is 9.78 Å². The van der Waals surface area contributed by atoms with Gasteiger partial charge in [0.15, 0.2) is 9.84 Å². The average molecular weight is 544 g/mol. The third-order valence-electron chi connectivity index (χ3n) is 7.29. The summed E-state index contributed by atoms with van der Waals surface area (Å²) in [5.41, 5.74) is 4.26. The first kappa shape index (κ1) is 26.7. The number of fused-ring (bicyclic) bond motifs is 1. The van der Waals surface area contributed by atoms with Crippen molar-refractivity contribution in [2.45, 2.75) is 45.1 Å². The Labute approximate surface area is 229 Å². The van der Waals surface area contributed by atoms with Crippen LogP contribution in [0.15, 0.2) is 65.7 Å². The van der Waals surface area contributed by atoms with Gasteiger partial charge in [0, 0.05) is 36.5 Å². The summed E-state index contributed by atoms with van der Waals surface area (Å²) in [4.78, 5) is 29.5. The number of amides is 1. The van der Waals surface area contributed by atoms with Crippen LogP contribution in [-0.4, -0.2) is 48.6 Å². The molecule has 0 bridgehead atoms. The molecule has 1 aliphatic rings. The second kappa shape index (κ2) is 10.4. The van der Waals surface area contributed by atoms with Crippen molar-refractivity contribution in [3.63, 3.8) is 0 Å². The zero-order valence-corrected chi connectivity index (χ0v) is 23.5. The Bertz CT molecular complexity index is 1660. The summed E-state index contributed by atoms with van der Waals surface area (Å²) in [5, 5.41) is 3.72. The lowest BCUT2D eigenvalue weighted by molar-refractivity contribution is 0.0950. The van der Waals surface area contributed by atoms with Crippen LogP contribution >= 0.6 is 0 Å². The Morgan fingerprint density at radius 3 is 2.54 bits per heavy atom. The van der Waals surface area contributed by atoms with E-state index < -0.39 is 9.84 Å². The first-order chi connectivity index (χ1) is 18.5. The van der Waals surface area contributed by atoms with E-state index in [0.29, 0.717) is 16.7 Å². The fourth-order valence-electron chi connectivity index (χ4n) is 4.64. The number of anilines is 1. The van der Waals surface area contributed by atoms with Crippen LogP contribution < -0.4 is 10.2 Å². The van der Waals surface area contributed by atoms with E-state index in [1.807, 2.05) is 30.3 Å². The van der Waals surface area contributed by atoms with Crippen LogP contribution in [0.4, 0.5) is 5.82 Å². The zero-order valence-electron chi connectivity index (χ0n) is 22.7. The molecule has 0 atom stereocenters. The van der Waals surface area contributed by atoms with Crippen LogP contribution in [0.1, 0.15) is 48.3 Å². The van der Waals surface area contributed by atoms with E-state index in [-0.39, 0.29) is 22.9 Å². The topological polar surface area (TPSA) is 105 Å². The lowest BCUT2D eigenvalue weighted by Gasteiger charge is -2.25. The number of carbonyl (C=O) groups is 1. The van der Waals surface area contributed by atoms with Crippen molar-refractivity contribution in [1.29, 1.82) is 0 Å². The standard InChI is InChI=1S/C30H33N5O3S/c1-5-35(19-30(3)13-14-30)28-8-6-7-24(34-28)25-12-11-22-17-31-23(16-26(22)33-25)18-32-29(36)21-10-9-20(2)27(15-21)39(4,37)38/h6-12,15-17H,5,13-14,18-19H2,1-4H3,(H,32,36). The van der Waals surface area contributed by atoms with Gasteiger partial charge < -0.3 is 10.2 Å². The average Bonchev–Trinajstić information content (AvgIpc) is 3.66. The van der Waals surface area contributed by atoms with Crippen molar-refractivity contribution in [2.75, 3.05) is 24.2 Å². The molecule has 4 aromatic rings. The van der Waals surface area contributed by atoms with Gasteiger partial charge in [-0.15, -0.1) is 0 Å². The highest BCUT2D eigenvalue weighted by atomic mass is 32.2. The lowest BCUT2D eigenvalue weighted by atomic mass is 10.1. The molecule has 1 fully saturated rings. The van der Waals surface area contributed by atoms with Crippen molar-refractivity contribution in [1.82, 2.24) is 20.3 Å². The first-order valence-electron chi connectivity index (χ1n) is 13.1. The monoisotopic (exact) mass is 543 g/mol. The van der Waals surface area contributed by atoms with Crippen molar-refractivity contribution in [2.24, 2.45) is 5.41 Å². The van der Waals surface area contributed by atoms with Crippen LogP contribution in [0.2, 0.25) is 0 Å². The molecule has 9 heteroatoms. The summed E-state index contributed by atoms with van der Waals surface area (Å²) in [5.74, 6) is 0.586. The Morgan fingerprint density at radius 2 is 1.82 bits per heavy atom. The Hall–Kier alpha value is -3.85. The smallest absolute Gasteiger partial charge is 0.251 e. The Kier molecular flexibility index (Phi) is 7.11. The van der Waals surface area contributed by atoms with Gasteiger partial charge in [-0.1, -0.05) is 19.1 Å². The van der Waals surface area contributed by atoms with E-state index in [0.717, 1.165) is 47.5 Å². The van der Waals surface area contributed by atoms with Gasteiger partial charge in [-0.05, 0) is 80.1 Å². The number of benzene rings is 1. The van der Waals surface area contributed by atoms with E-state index in [1.165, 1.54) is 18.9 Å². The normalized spacial score (nSPS) is 14.3. The number of hydrogen-bond donors (Lipinski definition) is 1. The predicted molar refractivity (Wildman–Crippen MR) is 153 cm³/mol. The second-order valence-corrected chi connectivity index (χ2v) is 12.7. The summed E-state index contributed by atoms with van der Waals surface area (Å²) < 4.78 is 24.1. The number of aromatic nitrogens is 3. The van der Waals surface area contributed by atoms with Crippen LogP contribution in [0.3, 0.4) is 0 Å². The van der Waals surface area contributed by atoms with E-state index in [2.05, 4.69) is 35.1 Å². The molecule has 1 N–H and O–H groups in total. The summed E-state index contributed by atoms with van der Waals surface area (Å²) >= 11 is 0. The molecule has 1 aliphatic carbocycles. The van der Waals surface area contributed by atoms with Gasteiger partial charge in [-0.2, -0.15) is 0 Å². The minimum atomic E-state index is -3.43. The fourth-order valence-corrected chi connectivity index (χ4v) is 5.63. The molecule has 0 saturated heterocycles. The second-order valence-electron chi connectivity index (χ2n) is 10.7. The SMILES string of the molecule is CCN(CC1(C)CC1)c1cccc(-c2ccc3cnc(CNC(=O)c4ccc(C)c(S(C)(=O)=O)c4)cc3n2)n1. The van der Waals surface area contributed by atoms with E-state index >= 15 is 0 Å². The maximum Gasteiger partial charge on any atom is 0.251 e. The summed E-state index contributed by atoms with van der Waals surface area (Å²) in [6.07, 6.45) is 5.40. The molecule has 3 heterocycles. The highest BCUT2D eigenvalue weighted by molar-refractivity contribution is 7.90. The molecule has 8 nitrogen and oxygen atoms in total. The molecule has 3 aromatic heterocycles. The van der Waals surface area contributed by atoms with E-state index in [9.17, 15) is 13.2 Å². The maximum absolute atomic E-state index is 12.8. The molecule has 0 unspecified atom stereocenters. The molecular weight excluding hydrogens is 510 g/mol. The van der Waals surface area contributed by atoms with Crippen LogP contribution in [0.25, 0.3) is 22.3 Å². The number of hydrogen-bond acceptors (Lipinski definition) is 7. The number of nitrogens with zero attached hydrogens (tertiary/aromatic N) is 4. The maximum atomic E-state index is 12.8. The minimum absolute atomic E-state index is 0.150. The highest BCUT2D eigenvalue weighted by Gasteiger charge is 2.38. The number of carbonyl (C=O) groups excluding carboxylic acids is 1. The third kappa shape index (κ3) is 6.09. The first-order valence-corrected chi connectivity index (χ1v) is 15.0. The van der Waals surface area contributed by atoms with Gasteiger partial charge in [0.2, 0.25) is 0 Å². The Morgan fingerprint density at radius 1 is 1.05 bits per heavy atom. The molecule has 0 aliphatic heterocycles. The molecular formula is C30H33N5O3S. The van der Waals surface area contributed by atoms with Crippen molar-refractivity contribution in [3.05, 3.63) is 77.6 Å². The number of sulfone groups is 1. The van der Waals surface area contributed by atoms with Gasteiger partial charge >= 0.3 is 0 Å². The number of nitrogens with one attached hydrogen (secondary N) is 1. The van der Waals surface area contributed by atoms with Gasteiger partial charge in [0.25, 0.3) is 5.91 Å². The van der Waals surface area contributed by atoms with Crippen LogP contribution in [-0.2, 0) is 16.4 Å². The van der Waals surface area contributed by atoms with Crippen LogP contribution in [0.5, 0.6) is 0 Å². The zero-order chi connectivity index (χ0) is 27.8. The third-order valence-corrected chi connectivity index (χ3v) is 8.53. The van der Waals surface area contributed by atoms with Crippen molar-refractivity contribution >= 4 is 32.5 Å². The molecule has 202 valence electrons. The lowest BCUT2D eigenvalue weighted by Crippen LogP contribution is -2.29. The van der Waals surface area contributed by atoms with E-state index in [4.69, 9.17) is 9.97 Å². The van der Waals surface area contributed by atoms with E-state index in [1.54, 1.807) is 25.3 Å². The molecule has 39 heavy (non-hydrogen) atoms. The molecule has 1 aromatic carbocycles. The summed E-state index contributed by atoms with van der Waals surface area (Å²) in [6.45, 7) is 8.27. The molecule has 1 saturated carbocycles. The number of rotatable bonds is 9. The quantitative estimate of drug-likeness (QED) is 0.318. The fraction of sp³-hybridized carbons (Fsp3) is 0.333. The molecule has 5 rings (SSSR count). The highest BCUT2D eigenvalue weighted by Crippen LogP contribution is 2.46. The van der Waals surface area contributed by atoms with Crippen molar-refractivity contribution in [3.8, 4) is 11.4 Å². The van der Waals surface area contributed by atoms with Crippen molar-refractivity contribution < 1.29 is 13.2 Å². The van der Waals surface area contributed by atoms with Gasteiger partial charge in [-0.25, -0.2) is 18.4 Å². The Balaban J connectivity index is 1.34. The number of pyridine rings is 3. The largest absolute Gasteiger partial charge is 0.356 e. The van der Waals surface area contributed by atoms with Crippen LogP contribution in [0, 0.1) is 12.3 Å². The number of aryl methyl sites for hydroxylation is 1. The molecule has 0 spiro atoms. The summed E-state index contributed by atoms with van der Waals surface area (Å²) in [6, 6.07) is 16.5. The minimum Gasteiger partial charge on any atom is -0.356 e. The predicted octanol–water partition coefficient (Wildman–Crippen LogP) is 4.96. The molecule has 1 amide bonds. The summed E-state index contributed by atoms with van der Waals surface area (Å²) in [7, 11) is -3.43.